The zero-order valence-electron chi connectivity index (χ0n) is 15.0. The minimum Gasteiger partial charge on any atom is -0.387 e. The summed E-state index contributed by atoms with van der Waals surface area (Å²) in [5.74, 6) is 0.723. The van der Waals surface area contributed by atoms with Gasteiger partial charge in [0.25, 0.3) is 0 Å². The number of imidazole rings is 1. The Kier molecular flexibility index (Phi) is 5.72. The lowest BCUT2D eigenvalue weighted by Gasteiger charge is -2.27. The SMILES string of the molecule is CSc1nc(NN2CCCCC2)c2ncn([C@@H]3O[C@H](CCl)C(O)C3O)c2n1. The van der Waals surface area contributed by atoms with Crippen molar-refractivity contribution in [2.24, 2.45) is 0 Å². The molecular formula is C16H23ClN6O3S. The maximum absolute atomic E-state index is 10.4. The predicted octanol–water partition coefficient (Wildman–Crippen LogP) is 1.22. The summed E-state index contributed by atoms with van der Waals surface area (Å²) in [4.78, 5) is 13.6. The van der Waals surface area contributed by atoms with Crippen LogP contribution in [0.2, 0.25) is 0 Å². The fourth-order valence-electron chi connectivity index (χ4n) is 3.49. The third-order valence-corrected chi connectivity index (χ3v) is 5.82. The standard InChI is InChI=1S/C16H23ClN6O3S/c1-27-16-19-13(21-22-5-3-2-4-6-22)10-14(20-16)23(8-18-10)15-12(25)11(24)9(7-17)26-15/h8-9,11-12,15,24-25H,2-7H2,1H3,(H,19,20,21)/t9-,11?,12?,15-/m1/s1. The molecule has 2 aliphatic rings. The quantitative estimate of drug-likeness (QED) is 0.378. The normalized spacial score (nSPS) is 29.5. The number of ether oxygens (including phenoxy) is 1. The Morgan fingerprint density at radius 3 is 2.70 bits per heavy atom. The van der Waals surface area contributed by atoms with Crippen molar-refractivity contribution in [2.75, 3.05) is 30.7 Å². The van der Waals surface area contributed by atoms with Gasteiger partial charge in [-0.3, -0.25) is 4.57 Å². The number of piperidine rings is 1. The summed E-state index contributed by atoms with van der Waals surface area (Å²) >= 11 is 7.25. The van der Waals surface area contributed by atoms with Crippen LogP contribution >= 0.6 is 23.4 Å². The summed E-state index contributed by atoms with van der Waals surface area (Å²) in [7, 11) is 0. The Balaban J connectivity index is 1.70. The minimum absolute atomic E-state index is 0.0914. The molecule has 4 atom stereocenters. The molecule has 0 bridgehead atoms. The Bertz CT molecular complexity index is 802. The number of nitrogens with one attached hydrogen (secondary N) is 1. The number of thioether (sulfide) groups is 1. The summed E-state index contributed by atoms with van der Waals surface area (Å²) in [6.45, 7) is 1.91. The molecule has 2 aromatic heterocycles. The third-order valence-electron chi connectivity index (χ3n) is 4.97. The maximum Gasteiger partial charge on any atom is 0.191 e. The van der Waals surface area contributed by atoms with E-state index in [1.54, 1.807) is 10.9 Å². The van der Waals surface area contributed by atoms with Gasteiger partial charge in [0.05, 0.1) is 12.2 Å². The van der Waals surface area contributed by atoms with Crippen molar-refractivity contribution < 1.29 is 14.9 Å². The van der Waals surface area contributed by atoms with Crippen LogP contribution in [0.3, 0.4) is 0 Å². The zero-order chi connectivity index (χ0) is 19.0. The largest absolute Gasteiger partial charge is 0.387 e. The average Bonchev–Trinajstić information content (AvgIpc) is 3.24. The van der Waals surface area contributed by atoms with Crippen molar-refractivity contribution in [2.45, 2.75) is 49.0 Å². The number of nitrogens with zero attached hydrogens (tertiary/aromatic N) is 5. The monoisotopic (exact) mass is 414 g/mol. The summed E-state index contributed by atoms with van der Waals surface area (Å²) in [6.07, 6.45) is 3.37. The number of aliphatic hydroxyl groups is 2. The number of halogens is 1. The number of hydrogen-bond acceptors (Lipinski definition) is 9. The van der Waals surface area contributed by atoms with E-state index in [0.29, 0.717) is 22.1 Å². The summed E-state index contributed by atoms with van der Waals surface area (Å²) in [5.41, 5.74) is 4.50. The van der Waals surface area contributed by atoms with Gasteiger partial charge in [-0.1, -0.05) is 18.2 Å². The molecule has 148 valence electrons. The van der Waals surface area contributed by atoms with Crippen LogP contribution in [0, 0.1) is 0 Å². The molecule has 0 aliphatic carbocycles. The molecule has 0 saturated carbocycles. The molecule has 3 N–H and O–H groups in total. The molecule has 4 heterocycles. The van der Waals surface area contributed by atoms with Crippen LogP contribution in [-0.2, 0) is 4.74 Å². The first-order valence-corrected chi connectivity index (χ1v) is 10.8. The molecule has 0 radical (unpaired) electrons. The number of aliphatic hydroxyl groups excluding tert-OH is 2. The van der Waals surface area contributed by atoms with E-state index < -0.39 is 24.5 Å². The van der Waals surface area contributed by atoms with E-state index in [1.165, 1.54) is 18.2 Å². The average molecular weight is 415 g/mol. The van der Waals surface area contributed by atoms with Crippen molar-refractivity contribution in [1.29, 1.82) is 0 Å². The van der Waals surface area contributed by atoms with Gasteiger partial charge in [0.2, 0.25) is 0 Å². The van der Waals surface area contributed by atoms with E-state index >= 15 is 0 Å². The van der Waals surface area contributed by atoms with Gasteiger partial charge in [-0.25, -0.2) is 20.0 Å². The Morgan fingerprint density at radius 2 is 2.04 bits per heavy atom. The zero-order valence-corrected chi connectivity index (χ0v) is 16.5. The number of aromatic nitrogens is 4. The highest BCUT2D eigenvalue weighted by Crippen LogP contribution is 2.33. The highest BCUT2D eigenvalue weighted by molar-refractivity contribution is 7.98. The molecule has 4 rings (SSSR count). The second-order valence-corrected chi connectivity index (χ2v) is 7.83. The molecule has 0 aromatic carbocycles. The highest BCUT2D eigenvalue weighted by atomic mass is 35.5. The Morgan fingerprint density at radius 1 is 1.26 bits per heavy atom. The summed E-state index contributed by atoms with van der Waals surface area (Å²) in [5, 5.41) is 23.2. The molecular weight excluding hydrogens is 392 g/mol. The highest BCUT2D eigenvalue weighted by Gasteiger charge is 2.44. The fourth-order valence-corrected chi connectivity index (χ4v) is 4.11. The van der Waals surface area contributed by atoms with Crippen LogP contribution in [0.5, 0.6) is 0 Å². The summed E-state index contributed by atoms with van der Waals surface area (Å²) < 4.78 is 7.38. The Hall–Kier alpha value is -1.17. The van der Waals surface area contributed by atoms with E-state index in [1.807, 2.05) is 6.26 Å². The number of fused-ring (bicyclic) bond motifs is 1. The Labute approximate surface area is 166 Å². The van der Waals surface area contributed by atoms with Crippen LogP contribution < -0.4 is 5.43 Å². The molecule has 11 heteroatoms. The minimum atomic E-state index is -1.11. The molecule has 2 saturated heterocycles. The van der Waals surface area contributed by atoms with Crippen LogP contribution in [0.4, 0.5) is 5.82 Å². The van der Waals surface area contributed by atoms with Crippen LogP contribution in [0.25, 0.3) is 11.2 Å². The van der Waals surface area contributed by atoms with Crippen molar-refractivity contribution in [1.82, 2.24) is 24.5 Å². The number of anilines is 1. The number of alkyl halides is 1. The molecule has 2 aliphatic heterocycles. The van der Waals surface area contributed by atoms with Crippen molar-refractivity contribution in [3.8, 4) is 0 Å². The van der Waals surface area contributed by atoms with Gasteiger partial charge in [-0.05, 0) is 19.1 Å². The van der Waals surface area contributed by atoms with E-state index in [2.05, 4.69) is 25.4 Å². The van der Waals surface area contributed by atoms with Gasteiger partial charge in [0.1, 0.15) is 18.3 Å². The number of rotatable bonds is 5. The molecule has 2 fully saturated rings. The summed E-state index contributed by atoms with van der Waals surface area (Å²) in [6, 6.07) is 0. The van der Waals surface area contributed by atoms with E-state index in [9.17, 15) is 10.2 Å². The molecule has 0 amide bonds. The van der Waals surface area contributed by atoms with Gasteiger partial charge in [-0.2, -0.15) is 0 Å². The predicted molar refractivity (Wildman–Crippen MR) is 103 cm³/mol. The van der Waals surface area contributed by atoms with Crippen LogP contribution in [-0.4, -0.2) is 78.3 Å². The molecule has 27 heavy (non-hydrogen) atoms. The molecule has 0 spiro atoms. The van der Waals surface area contributed by atoms with Crippen molar-refractivity contribution >= 4 is 40.3 Å². The lowest BCUT2D eigenvalue weighted by Crippen LogP contribution is -2.35. The smallest absolute Gasteiger partial charge is 0.191 e. The van der Waals surface area contributed by atoms with E-state index in [0.717, 1.165) is 25.9 Å². The first-order chi connectivity index (χ1) is 13.1. The van der Waals surface area contributed by atoms with E-state index in [-0.39, 0.29) is 5.88 Å². The third kappa shape index (κ3) is 3.62. The lowest BCUT2D eigenvalue weighted by atomic mass is 10.1. The number of hydrogen-bond donors (Lipinski definition) is 3. The van der Waals surface area contributed by atoms with Gasteiger partial charge >= 0.3 is 0 Å². The van der Waals surface area contributed by atoms with E-state index in [4.69, 9.17) is 16.3 Å². The first-order valence-electron chi connectivity index (χ1n) is 9.00. The molecule has 2 aromatic rings. The van der Waals surface area contributed by atoms with Crippen molar-refractivity contribution in [3.05, 3.63) is 6.33 Å². The van der Waals surface area contributed by atoms with Gasteiger partial charge in [0.15, 0.2) is 28.4 Å². The van der Waals surface area contributed by atoms with Crippen LogP contribution in [0.15, 0.2) is 11.5 Å². The van der Waals surface area contributed by atoms with Gasteiger partial charge in [0, 0.05) is 13.1 Å². The van der Waals surface area contributed by atoms with Crippen molar-refractivity contribution in [3.63, 3.8) is 0 Å². The van der Waals surface area contributed by atoms with Gasteiger partial charge < -0.3 is 20.4 Å². The second-order valence-electron chi connectivity index (χ2n) is 6.74. The molecule has 9 nitrogen and oxygen atoms in total. The lowest BCUT2D eigenvalue weighted by molar-refractivity contribution is -0.0292. The topological polar surface area (TPSA) is 109 Å². The number of hydrazine groups is 1. The maximum atomic E-state index is 10.4. The van der Waals surface area contributed by atoms with Crippen LogP contribution in [0.1, 0.15) is 25.5 Å². The fraction of sp³-hybridized carbons (Fsp3) is 0.688. The molecule has 2 unspecified atom stereocenters. The first kappa shape index (κ1) is 19.2. The van der Waals surface area contributed by atoms with Gasteiger partial charge in [-0.15, -0.1) is 11.6 Å². The second kappa shape index (κ2) is 8.06.